The third-order valence-corrected chi connectivity index (χ3v) is 5.53. The first-order valence-electron chi connectivity index (χ1n) is 9.26. The van der Waals surface area contributed by atoms with E-state index in [4.69, 9.17) is 14.1 Å². The number of pyridine rings is 1. The second-order valence-electron chi connectivity index (χ2n) is 7.28. The molecule has 0 saturated carbocycles. The summed E-state index contributed by atoms with van der Waals surface area (Å²) >= 11 is 0. The Balaban J connectivity index is 1.41. The molecule has 0 radical (unpaired) electrons. The molecule has 2 aliphatic rings. The quantitative estimate of drug-likeness (QED) is 0.723. The lowest BCUT2D eigenvalue weighted by molar-refractivity contribution is 0.00878. The summed E-state index contributed by atoms with van der Waals surface area (Å²) in [5, 5.41) is 9.43. The lowest BCUT2D eigenvalue weighted by Gasteiger charge is -2.39. The standard InChI is InChI=1S/C20H22N4O2/c1-13-22-23-20(26-13)15-10-19-18(8-9-25-19)24(11-15)12-16-7-6-14-4-2-3-5-17(14)21-16/h2-7,15,18-19H,8-12H2,1H3/t15-,18-,19-/m1/s1. The van der Waals surface area contributed by atoms with Crippen LogP contribution in [-0.4, -0.2) is 45.4 Å². The minimum atomic E-state index is 0.219. The van der Waals surface area contributed by atoms with Crippen LogP contribution in [0.2, 0.25) is 0 Å². The smallest absolute Gasteiger partial charge is 0.220 e. The fourth-order valence-electron chi connectivity index (χ4n) is 4.30. The highest BCUT2D eigenvalue weighted by Gasteiger charge is 2.42. The van der Waals surface area contributed by atoms with E-state index in [2.05, 4.69) is 39.4 Å². The molecule has 3 aromatic rings. The van der Waals surface area contributed by atoms with Gasteiger partial charge in [0.15, 0.2) is 0 Å². The molecule has 26 heavy (non-hydrogen) atoms. The summed E-state index contributed by atoms with van der Waals surface area (Å²) < 4.78 is 11.7. The lowest BCUT2D eigenvalue weighted by atomic mass is 9.89. The SMILES string of the molecule is Cc1nnc([C@@H]2C[C@H]3OCC[C@H]3N(Cc3ccc4ccccc4n3)C2)o1. The zero-order valence-electron chi connectivity index (χ0n) is 14.8. The molecule has 5 rings (SSSR count). The van der Waals surface area contributed by atoms with Crippen LogP contribution in [-0.2, 0) is 11.3 Å². The van der Waals surface area contributed by atoms with Crippen molar-refractivity contribution in [3.05, 3.63) is 53.9 Å². The Morgan fingerprint density at radius 2 is 2.08 bits per heavy atom. The van der Waals surface area contributed by atoms with Crippen molar-refractivity contribution in [1.82, 2.24) is 20.1 Å². The summed E-state index contributed by atoms with van der Waals surface area (Å²) in [6, 6.07) is 13.0. The average molecular weight is 350 g/mol. The van der Waals surface area contributed by atoms with Crippen molar-refractivity contribution in [3.8, 4) is 0 Å². The average Bonchev–Trinajstić information content (AvgIpc) is 3.30. The third kappa shape index (κ3) is 2.89. The van der Waals surface area contributed by atoms with Gasteiger partial charge in [-0.25, -0.2) is 0 Å². The van der Waals surface area contributed by atoms with E-state index in [0.29, 0.717) is 11.9 Å². The van der Waals surface area contributed by atoms with Crippen molar-refractivity contribution >= 4 is 10.9 Å². The maximum atomic E-state index is 6.00. The van der Waals surface area contributed by atoms with Crippen LogP contribution in [0, 0.1) is 6.92 Å². The minimum absolute atomic E-state index is 0.219. The van der Waals surface area contributed by atoms with Crippen molar-refractivity contribution in [1.29, 1.82) is 0 Å². The highest BCUT2D eigenvalue weighted by Crippen LogP contribution is 2.36. The van der Waals surface area contributed by atoms with Gasteiger partial charge in [-0.1, -0.05) is 24.3 Å². The van der Waals surface area contributed by atoms with Gasteiger partial charge >= 0.3 is 0 Å². The summed E-state index contributed by atoms with van der Waals surface area (Å²) in [5.74, 6) is 1.57. The number of benzene rings is 1. The van der Waals surface area contributed by atoms with Gasteiger partial charge in [0.25, 0.3) is 0 Å². The largest absolute Gasteiger partial charge is 0.425 e. The molecule has 1 aromatic carbocycles. The Hall–Kier alpha value is -2.31. The lowest BCUT2D eigenvalue weighted by Crippen LogP contribution is -2.48. The highest BCUT2D eigenvalue weighted by molar-refractivity contribution is 5.78. The first kappa shape index (κ1) is 15.9. The van der Waals surface area contributed by atoms with Gasteiger partial charge in [-0.15, -0.1) is 10.2 Å². The molecule has 0 spiro atoms. The van der Waals surface area contributed by atoms with E-state index in [9.17, 15) is 0 Å². The van der Waals surface area contributed by atoms with Crippen molar-refractivity contribution in [2.45, 2.75) is 44.4 Å². The highest BCUT2D eigenvalue weighted by atomic mass is 16.5. The van der Waals surface area contributed by atoms with Crippen LogP contribution in [0.3, 0.4) is 0 Å². The molecule has 134 valence electrons. The van der Waals surface area contributed by atoms with Crippen LogP contribution in [0.15, 0.2) is 40.8 Å². The van der Waals surface area contributed by atoms with Crippen LogP contribution in [0.5, 0.6) is 0 Å². The Labute approximate surface area is 152 Å². The van der Waals surface area contributed by atoms with Crippen molar-refractivity contribution in [3.63, 3.8) is 0 Å². The van der Waals surface area contributed by atoms with E-state index in [1.54, 1.807) is 0 Å². The molecular formula is C20H22N4O2. The third-order valence-electron chi connectivity index (χ3n) is 5.53. The van der Waals surface area contributed by atoms with E-state index in [1.807, 2.05) is 19.1 Å². The molecule has 2 fully saturated rings. The Kier molecular flexibility index (Phi) is 3.94. The predicted octanol–water partition coefficient (Wildman–Crippen LogP) is 3.07. The first-order valence-corrected chi connectivity index (χ1v) is 9.26. The molecule has 6 nitrogen and oxygen atoms in total. The molecule has 0 bridgehead atoms. The van der Waals surface area contributed by atoms with Gasteiger partial charge in [-0.2, -0.15) is 0 Å². The zero-order chi connectivity index (χ0) is 17.5. The van der Waals surface area contributed by atoms with Crippen molar-refractivity contribution in [2.75, 3.05) is 13.2 Å². The molecule has 3 atom stereocenters. The summed E-state index contributed by atoms with van der Waals surface area (Å²) in [4.78, 5) is 7.34. The number of aromatic nitrogens is 3. The molecule has 0 N–H and O–H groups in total. The number of hydrogen-bond donors (Lipinski definition) is 0. The Bertz CT molecular complexity index is 925. The predicted molar refractivity (Wildman–Crippen MR) is 96.7 cm³/mol. The number of para-hydroxylation sites is 1. The molecule has 0 aliphatic carbocycles. The van der Waals surface area contributed by atoms with E-state index >= 15 is 0 Å². The van der Waals surface area contributed by atoms with Crippen LogP contribution < -0.4 is 0 Å². The fraction of sp³-hybridized carbons (Fsp3) is 0.450. The second kappa shape index (κ2) is 6.45. The Morgan fingerprint density at radius 3 is 2.96 bits per heavy atom. The van der Waals surface area contributed by atoms with Crippen molar-refractivity contribution < 1.29 is 9.15 Å². The summed E-state index contributed by atoms with van der Waals surface area (Å²) in [7, 11) is 0. The number of ether oxygens (including phenoxy) is 1. The van der Waals surface area contributed by atoms with Gasteiger partial charge in [-0.3, -0.25) is 9.88 Å². The van der Waals surface area contributed by atoms with Gasteiger partial charge in [0.1, 0.15) is 0 Å². The maximum absolute atomic E-state index is 6.00. The maximum Gasteiger partial charge on any atom is 0.220 e. The second-order valence-corrected chi connectivity index (χ2v) is 7.28. The van der Waals surface area contributed by atoms with Crippen LogP contribution >= 0.6 is 0 Å². The molecule has 6 heteroatoms. The zero-order valence-corrected chi connectivity index (χ0v) is 14.8. The van der Waals surface area contributed by atoms with Crippen LogP contribution in [0.25, 0.3) is 10.9 Å². The van der Waals surface area contributed by atoms with E-state index in [-0.39, 0.29) is 12.0 Å². The van der Waals surface area contributed by atoms with Gasteiger partial charge in [0.05, 0.1) is 23.2 Å². The summed E-state index contributed by atoms with van der Waals surface area (Å²) in [5.41, 5.74) is 2.14. The molecule has 0 amide bonds. The Morgan fingerprint density at radius 1 is 1.15 bits per heavy atom. The van der Waals surface area contributed by atoms with Gasteiger partial charge in [0.2, 0.25) is 11.8 Å². The van der Waals surface area contributed by atoms with E-state index < -0.39 is 0 Å². The summed E-state index contributed by atoms with van der Waals surface area (Å²) in [6.07, 6.45) is 2.27. The van der Waals surface area contributed by atoms with Gasteiger partial charge in [-0.05, 0) is 25.0 Å². The minimum Gasteiger partial charge on any atom is -0.425 e. The molecule has 4 heterocycles. The number of nitrogens with zero attached hydrogens (tertiary/aromatic N) is 4. The normalized spacial score (nSPS) is 26.3. The van der Waals surface area contributed by atoms with Crippen molar-refractivity contribution in [2.24, 2.45) is 0 Å². The van der Waals surface area contributed by atoms with Crippen LogP contribution in [0.4, 0.5) is 0 Å². The van der Waals surface area contributed by atoms with E-state index in [1.165, 1.54) is 5.39 Å². The number of rotatable bonds is 3. The van der Waals surface area contributed by atoms with Gasteiger partial charge in [0, 0.05) is 38.0 Å². The topological polar surface area (TPSA) is 64.3 Å². The molecule has 2 aliphatic heterocycles. The monoisotopic (exact) mass is 350 g/mol. The molecule has 2 saturated heterocycles. The summed E-state index contributed by atoms with van der Waals surface area (Å²) in [6.45, 7) is 4.39. The number of fused-ring (bicyclic) bond motifs is 2. The van der Waals surface area contributed by atoms with Gasteiger partial charge < -0.3 is 9.15 Å². The molecule has 2 aromatic heterocycles. The number of aryl methyl sites for hydroxylation is 1. The van der Waals surface area contributed by atoms with Crippen LogP contribution in [0.1, 0.15) is 36.2 Å². The number of hydrogen-bond acceptors (Lipinski definition) is 6. The van der Waals surface area contributed by atoms with E-state index in [0.717, 1.165) is 49.6 Å². The number of likely N-dealkylation sites (tertiary alicyclic amines) is 1. The first-order chi connectivity index (χ1) is 12.8. The fourth-order valence-corrected chi connectivity index (χ4v) is 4.30. The molecular weight excluding hydrogens is 328 g/mol. The number of piperidine rings is 1. The molecule has 0 unspecified atom stereocenters.